The summed E-state index contributed by atoms with van der Waals surface area (Å²) in [6.45, 7) is 0. The Labute approximate surface area is 83.9 Å². The molecule has 1 rings (SSSR count). The van der Waals surface area contributed by atoms with E-state index in [1.54, 1.807) is 31.5 Å². The van der Waals surface area contributed by atoms with E-state index in [1.165, 1.54) is 0 Å². The van der Waals surface area contributed by atoms with Crippen LogP contribution in [0.5, 0.6) is 0 Å². The van der Waals surface area contributed by atoms with Gasteiger partial charge in [0.25, 0.3) is 0 Å². The quantitative estimate of drug-likeness (QED) is 0.712. The van der Waals surface area contributed by atoms with Gasteiger partial charge < -0.3 is 0 Å². The van der Waals surface area contributed by atoms with Crippen LogP contribution in [0.4, 0.5) is 0 Å². The third-order valence-electron chi connectivity index (χ3n) is 1.74. The zero-order valence-electron chi connectivity index (χ0n) is 8.53. The van der Waals surface area contributed by atoms with Gasteiger partial charge in [-0.3, -0.25) is 15.2 Å². The first-order valence-electron chi connectivity index (χ1n) is 4.54. The number of rotatable bonds is 4. The predicted octanol–water partition coefficient (Wildman–Crippen LogP) is 0.607. The number of hydrazine groups is 1. The van der Waals surface area contributed by atoms with Crippen molar-refractivity contribution in [3.8, 4) is 0 Å². The molecule has 0 bridgehead atoms. The number of carbonyl (C=O) groups is 1. The van der Waals surface area contributed by atoms with Crippen molar-refractivity contribution in [2.75, 3.05) is 14.1 Å². The Morgan fingerprint density at radius 3 is 2.64 bits per heavy atom. The van der Waals surface area contributed by atoms with Crippen LogP contribution in [0.2, 0.25) is 0 Å². The van der Waals surface area contributed by atoms with Crippen LogP contribution >= 0.6 is 0 Å². The lowest BCUT2D eigenvalue weighted by atomic mass is 10.1. The third kappa shape index (κ3) is 4.00. The van der Waals surface area contributed by atoms with Gasteiger partial charge in [0, 0.05) is 32.9 Å². The smallest absolute Gasteiger partial charge is 0.234 e. The van der Waals surface area contributed by atoms with Crippen molar-refractivity contribution in [2.45, 2.75) is 12.8 Å². The fraction of sp³-hybridized carbons (Fsp3) is 0.400. The van der Waals surface area contributed by atoms with E-state index < -0.39 is 0 Å². The summed E-state index contributed by atoms with van der Waals surface area (Å²) >= 11 is 0. The van der Waals surface area contributed by atoms with E-state index in [1.807, 2.05) is 12.1 Å². The fourth-order valence-electron chi connectivity index (χ4n) is 1.11. The molecule has 0 atom stereocenters. The number of hydrogen-bond acceptors (Lipinski definition) is 3. The molecule has 14 heavy (non-hydrogen) atoms. The Morgan fingerprint density at radius 1 is 1.43 bits per heavy atom. The second-order valence-corrected chi connectivity index (χ2v) is 3.28. The summed E-state index contributed by atoms with van der Waals surface area (Å²) in [7, 11) is 3.59. The lowest BCUT2D eigenvalue weighted by Crippen LogP contribution is -2.36. The van der Waals surface area contributed by atoms with Crippen molar-refractivity contribution in [3.05, 3.63) is 30.1 Å². The van der Waals surface area contributed by atoms with Crippen LogP contribution in [-0.2, 0) is 11.2 Å². The van der Waals surface area contributed by atoms with E-state index in [0.29, 0.717) is 6.42 Å². The first-order chi connectivity index (χ1) is 6.68. The molecule has 76 valence electrons. The van der Waals surface area contributed by atoms with Gasteiger partial charge in [0.1, 0.15) is 0 Å². The maximum atomic E-state index is 11.3. The summed E-state index contributed by atoms with van der Waals surface area (Å²) < 4.78 is 0. The molecule has 0 radical (unpaired) electrons. The minimum Gasteiger partial charge on any atom is -0.289 e. The Kier molecular flexibility index (Phi) is 4.07. The number of aromatic nitrogens is 1. The number of nitrogens with zero attached hydrogens (tertiary/aromatic N) is 2. The molecule has 0 aliphatic carbocycles. The Hall–Kier alpha value is -1.42. The number of carbonyl (C=O) groups excluding carboxylic acids is 1. The van der Waals surface area contributed by atoms with Crippen molar-refractivity contribution < 1.29 is 4.79 Å². The van der Waals surface area contributed by atoms with E-state index >= 15 is 0 Å². The van der Waals surface area contributed by atoms with Crippen molar-refractivity contribution in [1.82, 2.24) is 15.4 Å². The highest BCUT2D eigenvalue weighted by Crippen LogP contribution is 2.00. The topological polar surface area (TPSA) is 45.2 Å². The summed E-state index contributed by atoms with van der Waals surface area (Å²) in [6, 6.07) is 3.84. The molecule has 0 aliphatic heterocycles. The standard InChI is InChI=1S/C10H15N3O/c1-13(2)12-10(14)4-3-9-5-7-11-8-6-9/h5-8H,3-4H2,1-2H3,(H,12,14). The SMILES string of the molecule is CN(C)NC(=O)CCc1ccncc1. The largest absolute Gasteiger partial charge is 0.289 e. The summed E-state index contributed by atoms with van der Waals surface area (Å²) in [4.78, 5) is 15.2. The second kappa shape index (κ2) is 5.34. The van der Waals surface area contributed by atoms with Crippen molar-refractivity contribution in [3.63, 3.8) is 0 Å². The molecule has 1 aromatic heterocycles. The number of aryl methyl sites for hydroxylation is 1. The monoisotopic (exact) mass is 193 g/mol. The molecular weight excluding hydrogens is 178 g/mol. The van der Waals surface area contributed by atoms with Gasteiger partial charge in [0.2, 0.25) is 5.91 Å². The van der Waals surface area contributed by atoms with E-state index in [0.717, 1.165) is 12.0 Å². The van der Waals surface area contributed by atoms with Gasteiger partial charge in [-0.2, -0.15) is 0 Å². The van der Waals surface area contributed by atoms with Gasteiger partial charge in [-0.1, -0.05) is 0 Å². The van der Waals surface area contributed by atoms with Gasteiger partial charge in [-0.05, 0) is 24.1 Å². The number of nitrogens with one attached hydrogen (secondary N) is 1. The summed E-state index contributed by atoms with van der Waals surface area (Å²) in [5.74, 6) is 0.0341. The van der Waals surface area contributed by atoms with Crippen LogP contribution in [0, 0.1) is 0 Å². The Balaban J connectivity index is 2.31. The van der Waals surface area contributed by atoms with Crippen LogP contribution < -0.4 is 5.43 Å². The van der Waals surface area contributed by atoms with Crippen LogP contribution in [0.1, 0.15) is 12.0 Å². The highest BCUT2D eigenvalue weighted by Gasteiger charge is 2.01. The van der Waals surface area contributed by atoms with Gasteiger partial charge >= 0.3 is 0 Å². The highest BCUT2D eigenvalue weighted by molar-refractivity contribution is 5.75. The number of hydrogen-bond donors (Lipinski definition) is 1. The van der Waals surface area contributed by atoms with Gasteiger partial charge in [0.05, 0.1) is 0 Å². The minimum atomic E-state index is 0.0341. The second-order valence-electron chi connectivity index (χ2n) is 3.28. The Bertz CT molecular complexity index is 285. The van der Waals surface area contributed by atoms with E-state index in [2.05, 4.69) is 10.4 Å². The third-order valence-corrected chi connectivity index (χ3v) is 1.74. The molecule has 0 unspecified atom stereocenters. The van der Waals surface area contributed by atoms with Gasteiger partial charge in [-0.25, -0.2) is 5.01 Å². The van der Waals surface area contributed by atoms with Crippen molar-refractivity contribution in [1.29, 1.82) is 0 Å². The highest BCUT2D eigenvalue weighted by atomic mass is 16.2. The molecule has 1 amide bonds. The molecule has 0 aromatic carbocycles. The zero-order valence-corrected chi connectivity index (χ0v) is 8.53. The van der Waals surface area contributed by atoms with Crippen molar-refractivity contribution in [2.24, 2.45) is 0 Å². The molecule has 4 heteroatoms. The average molecular weight is 193 g/mol. The van der Waals surface area contributed by atoms with Gasteiger partial charge in [0.15, 0.2) is 0 Å². The molecule has 0 saturated heterocycles. The first kappa shape index (κ1) is 10.7. The lowest BCUT2D eigenvalue weighted by Gasteiger charge is -2.11. The van der Waals surface area contributed by atoms with Crippen LogP contribution in [0.3, 0.4) is 0 Å². The van der Waals surface area contributed by atoms with Crippen LogP contribution in [0.15, 0.2) is 24.5 Å². The summed E-state index contributed by atoms with van der Waals surface area (Å²) in [6.07, 6.45) is 4.72. The number of amides is 1. The predicted molar refractivity (Wildman–Crippen MR) is 54.4 cm³/mol. The molecule has 1 aromatic rings. The maximum absolute atomic E-state index is 11.3. The molecule has 1 N–H and O–H groups in total. The molecular formula is C10H15N3O. The summed E-state index contributed by atoms with van der Waals surface area (Å²) in [5, 5.41) is 1.65. The maximum Gasteiger partial charge on any atom is 0.234 e. The number of pyridine rings is 1. The minimum absolute atomic E-state index is 0.0341. The van der Waals surface area contributed by atoms with E-state index in [4.69, 9.17) is 0 Å². The van der Waals surface area contributed by atoms with E-state index in [9.17, 15) is 4.79 Å². The van der Waals surface area contributed by atoms with Crippen LogP contribution in [-0.4, -0.2) is 30.0 Å². The molecule has 4 nitrogen and oxygen atoms in total. The molecule has 0 spiro atoms. The fourth-order valence-corrected chi connectivity index (χ4v) is 1.11. The lowest BCUT2D eigenvalue weighted by molar-refractivity contribution is -0.124. The molecule has 0 fully saturated rings. The normalized spacial score (nSPS) is 10.2. The molecule has 0 aliphatic rings. The average Bonchev–Trinajstić information content (AvgIpc) is 2.15. The van der Waals surface area contributed by atoms with Gasteiger partial charge in [-0.15, -0.1) is 0 Å². The zero-order chi connectivity index (χ0) is 10.4. The van der Waals surface area contributed by atoms with Crippen LogP contribution in [0.25, 0.3) is 0 Å². The molecule has 0 saturated carbocycles. The summed E-state index contributed by atoms with van der Waals surface area (Å²) in [5.41, 5.74) is 3.83. The van der Waals surface area contributed by atoms with Crippen molar-refractivity contribution >= 4 is 5.91 Å². The van der Waals surface area contributed by atoms with E-state index in [-0.39, 0.29) is 5.91 Å². The Morgan fingerprint density at radius 2 is 2.07 bits per heavy atom. The molecule has 1 heterocycles. The first-order valence-corrected chi connectivity index (χ1v) is 4.54.